The molecule has 0 radical (unpaired) electrons. The standard InChI is InChI=1S/C12H12F3N3/c13-12(14,15)4-1-11-17-8-10(18-11)7-9-2-5-16-6-3-9/h2-3,5-6,8H,1,4,7H2,(H,17,18). The van der Waals surface area contributed by atoms with E-state index < -0.39 is 12.6 Å². The van der Waals surface area contributed by atoms with Gasteiger partial charge in [0.05, 0.1) is 12.1 Å². The molecular weight excluding hydrogens is 243 g/mol. The van der Waals surface area contributed by atoms with Crippen molar-refractivity contribution < 1.29 is 13.2 Å². The van der Waals surface area contributed by atoms with Crippen LogP contribution in [0.2, 0.25) is 0 Å². The van der Waals surface area contributed by atoms with Crippen molar-refractivity contribution in [3.8, 4) is 0 Å². The minimum absolute atomic E-state index is 0.111. The van der Waals surface area contributed by atoms with Crippen LogP contribution in [0.5, 0.6) is 0 Å². The Kier molecular flexibility index (Phi) is 3.64. The van der Waals surface area contributed by atoms with Crippen molar-refractivity contribution in [2.75, 3.05) is 0 Å². The molecule has 0 unspecified atom stereocenters. The summed E-state index contributed by atoms with van der Waals surface area (Å²) in [5, 5.41) is 0. The van der Waals surface area contributed by atoms with Crippen molar-refractivity contribution in [3.63, 3.8) is 0 Å². The second-order valence-corrected chi connectivity index (χ2v) is 3.99. The summed E-state index contributed by atoms with van der Waals surface area (Å²) in [6.07, 6.45) is 0.476. The van der Waals surface area contributed by atoms with Crippen LogP contribution in [0, 0.1) is 0 Å². The normalized spacial score (nSPS) is 11.7. The topological polar surface area (TPSA) is 41.6 Å². The Morgan fingerprint density at radius 3 is 2.56 bits per heavy atom. The van der Waals surface area contributed by atoms with Gasteiger partial charge in [-0.05, 0) is 17.7 Å². The third kappa shape index (κ3) is 3.87. The van der Waals surface area contributed by atoms with Crippen LogP contribution in [-0.4, -0.2) is 21.1 Å². The molecule has 0 fully saturated rings. The quantitative estimate of drug-likeness (QED) is 0.912. The molecule has 3 nitrogen and oxygen atoms in total. The van der Waals surface area contributed by atoms with Gasteiger partial charge in [0, 0.05) is 31.4 Å². The van der Waals surface area contributed by atoms with Crippen molar-refractivity contribution >= 4 is 0 Å². The predicted octanol–water partition coefficient (Wildman–Crippen LogP) is 2.89. The lowest BCUT2D eigenvalue weighted by molar-refractivity contribution is -0.134. The Bertz CT molecular complexity index is 491. The maximum absolute atomic E-state index is 12.0. The maximum Gasteiger partial charge on any atom is 0.389 e. The van der Waals surface area contributed by atoms with Crippen LogP contribution in [0.25, 0.3) is 0 Å². The average Bonchev–Trinajstić information content (AvgIpc) is 2.75. The number of hydrogen-bond acceptors (Lipinski definition) is 2. The Morgan fingerprint density at radius 2 is 1.89 bits per heavy atom. The van der Waals surface area contributed by atoms with Gasteiger partial charge in [-0.3, -0.25) is 4.98 Å². The summed E-state index contributed by atoms with van der Waals surface area (Å²) in [6, 6.07) is 3.70. The largest absolute Gasteiger partial charge is 0.389 e. The number of hydrogen-bond donors (Lipinski definition) is 1. The summed E-state index contributed by atoms with van der Waals surface area (Å²) in [4.78, 5) is 10.8. The number of pyridine rings is 1. The zero-order valence-electron chi connectivity index (χ0n) is 9.54. The van der Waals surface area contributed by atoms with Crippen LogP contribution in [0.1, 0.15) is 23.5 Å². The Balaban J connectivity index is 1.94. The van der Waals surface area contributed by atoms with Crippen LogP contribution in [-0.2, 0) is 12.8 Å². The number of aromatic amines is 1. The number of rotatable bonds is 4. The van der Waals surface area contributed by atoms with Crippen LogP contribution in [0.15, 0.2) is 30.7 Å². The zero-order chi connectivity index (χ0) is 13.0. The Hall–Kier alpha value is -1.85. The number of alkyl halides is 3. The number of aromatic nitrogens is 3. The molecule has 0 aliphatic heterocycles. The molecule has 0 atom stereocenters. The van der Waals surface area contributed by atoms with Crippen molar-refractivity contribution in [3.05, 3.63) is 47.8 Å². The maximum atomic E-state index is 12.0. The van der Waals surface area contributed by atoms with E-state index >= 15 is 0 Å². The van der Waals surface area contributed by atoms with Crippen molar-refractivity contribution in [2.45, 2.75) is 25.4 Å². The SMILES string of the molecule is FC(F)(F)CCc1nc(Cc2ccncc2)c[nH]1. The molecule has 0 saturated carbocycles. The molecule has 1 N–H and O–H groups in total. The number of aryl methyl sites for hydroxylation is 1. The summed E-state index contributed by atoms with van der Waals surface area (Å²) < 4.78 is 36.1. The van der Waals surface area contributed by atoms with E-state index in [1.165, 1.54) is 0 Å². The average molecular weight is 255 g/mol. The highest BCUT2D eigenvalue weighted by Crippen LogP contribution is 2.21. The molecule has 0 aliphatic rings. The first kappa shape index (κ1) is 12.6. The number of nitrogens with one attached hydrogen (secondary N) is 1. The van der Waals surface area contributed by atoms with Crippen LogP contribution >= 0.6 is 0 Å². The molecule has 0 spiro atoms. The molecule has 0 aliphatic carbocycles. The molecule has 2 aromatic rings. The van der Waals surface area contributed by atoms with E-state index in [2.05, 4.69) is 15.0 Å². The van der Waals surface area contributed by atoms with Crippen LogP contribution in [0.4, 0.5) is 13.2 Å². The molecule has 2 heterocycles. The van der Waals surface area contributed by atoms with E-state index in [4.69, 9.17) is 0 Å². The van der Waals surface area contributed by atoms with Gasteiger partial charge in [0.25, 0.3) is 0 Å². The molecule has 6 heteroatoms. The zero-order valence-corrected chi connectivity index (χ0v) is 9.54. The smallest absolute Gasteiger partial charge is 0.348 e. The fraction of sp³-hybridized carbons (Fsp3) is 0.333. The van der Waals surface area contributed by atoms with Gasteiger partial charge in [-0.15, -0.1) is 0 Å². The fourth-order valence-corrected chi connectivity index (χ4v) is 1.59. The highest BCUT2D eigenvalue weighted by molar-refractivity contribution is 5.18. The highest BCUT2D eigenvalue weighted by atomic mass is 19.4. The molecule has 2 aromatic heterocycles. The molecule has 0 aromatic carbocycles. The second kappa shape index (κ2) is 5.20. The van der Waals surface area contributed by atoms with Gasteiger partial charge in [0.2, 0.25) is 0 Å². The first-order valence-corrected chi connectivity index (χ1v) is 5.52. The van der Waals surface area contributed by atoms with Gasteiger partial charge in [0.1, 0.15) is 5.82 Å². The monoisotopic (exact) mass is 255 g/mol. The highest BCUT2D eigenvalue weighted by Gasteiger charge is 2.27. The summed E-state index contributed by atoms with van der Waals surface area (Å²) in [6.45, 7) is 0. The van der Waals surface area contributed by atoms with Gasteiger partial charge in [-0.1, -0.05) is 0 Å². The van der Waals surface area contributed by atoms with Gasteiger partial charge in [0.15, 0.2) is 0 Å². The lowest BCUT2D eigenvalue weighted by atomic mass is 10.1. The van der Waals surface area contributed by atoms with Gasteiger partial charge in [-0.2, -0.15) is 13.2 Å². The second-order valence-electron chi connectivity index (χ2n) is 3.99. The Labute approximate surface area is 102 Å². The van der Waals surface area contributed by atoms with E-state index in [-0.39, 0.29) is 6.42 Å². The van der Waals surface area contributed by atoms with Gasteiger partial charge >= 0.3 is 6.18 Å². The minimum Gasteiger partial charge on any atom is -0.348 e. The molecule has 18 heavy (non-hydrogen) atoms. The lowest BCUT2D eigenvalue weighted by Gasteiger charge is -2.03. The third-order valence-corrected chi connectivity index (χ3v) is 2.46. The molecule has 2 rings (SSSR count). The molecule has 96 valence electrons. The van der Waals surface area contributed by atoms with E-state index in [9.17, 15) is 13.2 Å². The van der Waals surface area contributed by atoms with Crippen molar-refractivity contribution in [2.24, 2.45) is 0 Å². The number of H-pyrrole nitrogens is 1. The van der Waals surface area contributed by atoms with E-state index in [1.54, 1.807) is 18.6 Å². The van der Waals surface area contributed by atoms with Gasteiger partial charge in [-0.25, -0.2) is 4.98 Å². The van der Waals surface area contributed by atoms with E-state index in [0.717, 1.165) is 11.3 Å². The van der Waals surface area contributed by atoms with Gasteiger partial charge < -0.3 is 4.98 Å². The van der Waals surface area contributed by atoms with Crippen molar-refractivity contribution in [1.82, 2.24) is 15.0 Å². The Morgan fingerprint density at radius 1 is 1.17 bits per heavy atom. The number of imidazole rings is 1. The molecular formula is C12H12F3N3. The van der Waals surface area contributed by atoms with E-state index in [1.807, 2.05) is 12.1 Å². The van der Waals surface area contributed by atoms with Crippen LogP contribution in [0.3, 0.4) is 0 Å². The molecule has 0 bridgehead atoms. The summed E-state index contributed by atoms with van der Waals surface area (Å²) in [5.41, 5.74) is 1.76. The minimum atomic E-state index is -4.14. The van der Waals surface area contributed by atoms with Crippen LogP contribution < -0.4 is 0 Å². The molecule has 0 saturated heterocycles. The fourth-order valence-electron chi connectivity index (χ4n) is 1.59. The lowest BCUT2D eigenvalue weighted by Crippen LogP contribution is -2.09. The van der Waals surface area contributed by atoms with E-state index in [0.29, 0.717) is 12.2 Å². The summed E-state index contributed by atoms with van der Waals surface area (Å²) >= 11 is 0. The third-order valence-electron chi connectivity index (χ3n) is 2.46. The van der Waals surface area contributed by atoms with Crippen molar-refractivity contribution in [1.29, 1.82) is 0 Å². The molecule has 0 amide bonds. The summed E-state index contributed by atoms with van der Waals surface area (Å²) in [5.74, 6) is 0.372. The number of nitrogens with zero attached hydrogens (tertiary/aromatic N) is 2. The first-order chi connectivity index (χ1) is 8.53. The predicted molar refractivity (Wildman–Crippen MR) is 60.0 cm³/mol. The summed E-state index contributed by atoms with van der Waals surface area (Å²) in [7, 11) is 0. The first-order valence-electron chi connectivity index (χ1n) is 5.52. The number of halogens is 3.